The number of anilines is 1. The molecule has 0 bridgehead atoms. The zero-order valence-corrected chi connectivity index (χ0v) is 17.2. The van der Waals surface area contributed by atoms with Crippen LogP contribution in [0.5, 0.6) is 5.75 Å². The van der Waals surface area contributed by atoms with Crippen LogP contribution in [0.1, 0.15) is 16.7 Å². The van der Waals surface area contributed by atoms with Gasteiger partial charge in [0.1, 0.15) is 29.0 Å². The van der Waals surface area contributed by atoms with Crippen molar-refractivity contribution < 1.29 is 18.3 Å². The molecule has 3 rings (SSSR count). The number of halogens is 3. The van der Waals surface area contributed by atoms with E-state index in [-0.39, 0.29) is 11.4 Å². The highest BCUT2D eigenvalue weighted by Crippen LogP contribution is 2.32. The summed E-state index contributed by atoms with van der Waals surface area (Å²) in [6.07, 6.45) is 1.72. The Bertz CT molecular complexity index is 1190. The van der Waals surface area contributed by atoms with E-state index in [9.17, 15) is 18.8 Å². The fourth-order valence-corrected chi connectivity index (χ4v) is 3.25. The molecule has 0 aliphatic rings. The fraction of sp³-hybridized carbons (Fsp3) is 0.0833. The first-order valence-electron chi connectivity index (χ1n) is 9.19. The predicted octanol–water partition coefficient (Wildman–Crippen LogP) is 5.76. The SMILES string of the molecule is COc1cc(/C=C(\C#N)C(=O)Nc2ccc(F)cc2)cc(Cl)c1Cc1cccc(F)c1. The summed E-state index contributed by atoms with van der Waals surface area (Å²) in [4.78, 5) is 12.4. The maximum absolute atomic E-state index is 13.5. The van der Waals surface area contributed by atoms with E-state index in [1.54, 1.807) is 24.3 Å². The fourth-order valence-electron chi connectivity index (χ4n) is 2.97. The minimum Gasteiger partial charge on any atom is -0.496 e. The Kier molecular flexibility index (Phi) is 7.01. The van der Waals surface area contributed by atoms with Crippen LogP contribution in [0.4, 0.5) is 14.5 Å². The number of hydrogen-bond acceptors (Lipinski definition) is 3. The van der Waals surface area contributed by atoms with Crippen LogP contribution in [0.3, 0.4) is 0 Å². The van der Waals surface area contributed by atoms with Gasteiger partial charge in [-0.15, -0.1) is 0 Å². The molecule has 7 heteroatoms. The first-order chi connectivity index (χ1) is 14.9. The van der Waals surface area contributed by atoms with Gasteiger partial charge in [0, 0.05) is 22.7 Å². The molecule has 0 atom stereocenters. The van der Waals surface area contributed by atoms with Crippen molar-refractivity contribution in [3.8, 4) is 11.8 Å². The summed E-state index contributed by atoms with van der Waals surface area (Å²) in [5, 5.41) is 12.3. The highest BCUT2D eigenvalue weighted by atomic mass is 35.5. The molecule has 0 spiro atoms. The lowest BCUT2D eigenvalue weighted by molar-refractivity contribution is -0.112. The Labute approximate surface area is 183 Å². The third-order valence-electron chi connectivity index (χ3n) is 4.44. The maximum Gasteiger partial charge on any atom is 0.266 e. The van der Waals surface area contributed by atoms with Crippen molar-refractivity contribution >= 4 is 29.3 Å². The number of ether oxygens (including phenoxy) is 1. The number of nitrogens with one attached hydrogen (secondary N) is 1. The van der Waals surface area contributed by atoms with Crippen molar-refractivity contribution in [3.05, 3.63) is 99.6 Å². The average Bonchev–Trinajstić information content (AvgIpc) is 2.75. The van der Waals surface area contributed by atoms with Crippen molar-refractivity contribution in [2.24, 2.45) is 0 Å². The Morgan fingerprint density at radius 2 is 1.87 bits per heavy atom. The lowest BCUT2D eigenvalue weighted by atomic mass is 10.0. The van der Waals surface area contributed by atoms with Crippen molar-refractivity contribution in [1.82, 2.24) is 0 Å². The maximum atomic E-state index is 13.5. The van der Waals surface area contributed by atoms with Gasteiger partial charge in [-0.2, -0.15) is 5.26 Å². The van der Waals surface area contributed by atoms with Crippen LogP contribution in [0.25, 0.3) is 6.08 Å². The van der Waals surface area contributed by atoms with Crippen LogP contribution >= 0.6 is 11.6 Å². The molecule has 0 saturated heterocycles. The number of benzene rings is 3. The Hall–Kier alpha value is -3.69. The van der Waals surface area contributed by atoms with Gasteiger partial charge in [-0.05, 0) is 65.7 Å². The number of nitrogens with zero attached hydrogens (tertiary/aromatic N) is 1. The van der Waals surface area contributed by atoms with Crippen molar-refractivity contribution in [2.75, 3.05) is 12.4 Å². The molecule has 0 radical (unpaired) electrons. The van der Waals surface area contributed by atoms with E-state index in [2.05, 4.69) is 5.32 Å². The highest BCUT2D eigenvalue weighted by Gasteiger charge is 2.14. The number of hydrogen-bond donors (Lipinski definition) is 1. The number of carbonyl (C=O) groups excluding carboxylic acids is 1. The smallest absolute Gasteiger partial charge is 0.266 e. The van der Waals surface area contributed by atoms with Gasteiger partial charge in [0.15, 0.2) is 0 Å². The van der Waals surface area contributed by atoms with Crippen molar-refractivity contribution in [1.29, 1.82) is 5.26 Å². The predicted molar refractivity (Wildman–Crippen MR) is 116 cm³/mol. The van der Waals surface area contributed by atoms with E-state index >= 15 is 0 Å². The summed E-state index contributed by atoms with van der Waals surface area (Å²) in [6, 6.07) is 16.4. The zero-order chi connectivity index (χ0) is 22.4. The van der Waals surface area contributed by atoms with Gasteiger partial charge in [0.2, 0.25) is 0 Å². The lowest BCUT2D eigenvalue weighted by Gasteiger charge is -2.12. The summed E-state index contributed by atoms with van der Waals surface area (Å²) >= 11 is 6.43. The summed E-state index contributed by atoms with van der Waals surface area (Å²) in [6.45, 7) is 0. The van der Waals surface area contributed by atoms with Crippen LogP contribution in [0.2, 0.25) is 5.02 Å². The molecule has 0 aliphatic heterocycles. The summed E-state index contributed by atoms with van der Waals surface area (Å²) in [5.41, 5.74) is 2.05. The molecule has 3 aromatic rings. The first kappa shape index (κ1) is 22.0. The molecule has 3 aromatic carbocycles. The molecule has 156 valence electrons. The van der Waals surface area contributed by atoms with Crippen molar-refractivity contribution in [3.63, 3.8) is 0 Å². The minimum absolute atomic E-state index is 0.166. The van der Waals surface area contributed by atoms with Crippen LogP contribution in [-0.4, -0.2) is 13.0 Å². The molecule has 1 amide bonds. The second-order valence-electron chi connectivity index (χ2n) is 6.62. The van der Waals surface area contributed by atoms with Gasteiger partial charge < -0.3 is 10.1 Å². The van der Waals surface area contributed by atoms with Gasteiger partial charge >= 0.3 is 0 Å². The van der Waals surface area contributed by atoms with Gasteiger partial charge in [0.05, 0.1) is 7.11 Å². The zero-order valence-electron chi connectivity index (χ0n) is 16.5. The van der Waals surface area contributed by atoms with Gasteiger partial charge in [-0.1, -0.05) is 23.7 Å². The molecule has 4 nitrogen and oxygen atoms in total. The monoisotopic (exact) mass is 438 g/mol. The van der Waals surface area contributed by atoms with Crippen molar-refractivity contribution in [2.45, 2.75) is 6.42 Å². The van der Waals surface area contributed by atoms with Gasteiger partial charge in [0.25, 0.3) is 5.91 Å². The molecule has 0 saturated carbocycles. The Morgan fingerprint density at radius 1 is 1.13 bits per heavy atom. The molecule has 0 fully saturated rings. The second-order valence-corrected chi connectivity index (χ2v) is 7.03. The molecule has 0 aromatic heterocycles. The number of nitriles is 1. The quantitative estimate of drug-likeness (QED) is 0.393. The molecule has 1 N–H and O–H groups in total. The molecular weight excluding hydrogens is 422 g/mol. The number of amides is 1. The second kappa shape index (κ2) is 9.88. The normalized spacial score (nSPS) is 11.0. The number of rotatable bonds is 6. The minimum atomic E-state index is -0.645. The van der Waals surface area contributed by atoms with Crippen LogP contribution in [0.15, 0.2) is 66.2 Å². The third kappa shape index (κ3) is 5.68. The summed E-state index contributed by atoms with van der Waals surface area (Å²) < 4.78 is 31.9. The molecule has 0 unspecified atom stereocenters. The van der Waals surface area contributed by atoms with E-state index < -0.39 is 11.7 Å². The Morgan fingerprint density at radius 3 is 2.52 bits per heavy atom. The molecule has 0 aliphatic carbocycles. The standard InChI is InChI=1S/C24H17ClF2N2O2/c1-31-23-13-16(12-22(25)21(23)11-15-3-2-4-19(27)10-15)9-17(14-28)24(30)29-20-7-5-18(26)6-8-20/h2-10,12-13H,11H2,1H3,(H,29,30)/b17-9+. The van der Waals surface area contributed by atoms with Crippen LogP contribution < -0.4 is 10.1 Å². The van der Waals surface area contributed by atoms with Crippen LogP contribution in [0, 0.1) is 23.0 Å². The van der Waals surface area contributed by atoms with E-state index in [0.717, 1.165) is 5.56 Å². The van der Waals surface area contributed by atoms with Gasteiger partial charge in [-0.25, -0.2) is 8.78 Å². The molecule has 0 heterocycles. The first-order valence-corrected chi connectivity index (χ1v) is 9.57. The van der Waals surface area contributed by atoms with E-state index in [1.807, 2.05) is 6.07 Å². The van der Waals surface area contributed by atoms with Crippen LogP contribution in [-0.2, 0) is 11.2 Å². The highest BCUT2D eigenvalue weighted by molar-refractivity contribution is 6.31. The largest absolute Gasteiger partial charge is 0.496 e. The molecular formula is C24H17ClF2N2O2. The van der Waals surface area contributed by atoms with E-state index in [1.165, 1.54) is 49.6 Å². The van der Waals surface area contributed by atoms with E-state index in [0.29, 0.717) is 34.0 Å². The van der Waals surface area contributed by atoms with E-state index in [4.69, 9.17) is 16.3 Å². The topological polar surface area (TPSA) is 62.1 Å². The number of carbonyl (C=O) groups is 1. The molecule has 31 heavy (non-hydrogen) atoms. The lowest BCUT2D eigenvalue weighted by Crippen LogP contribution is -2.13. The summed E-state index contributed by atoms with van der Waals surface area (Å²) in [5.74, 6) is -0.987. The summed E-state index contributed by atoms with van der Waals surface area (Å²) in [7, 11) is 1.47. The third-order valence-corrected chi connectivity index (χ3v) is 4.78. The Balaban J connectivity index is 1.88. The number of methoxy groups -OCH3 is 1. The van der Waals surface area contributed by atoms with Gasteiger partial charge in [-0.3, -0.25) is 4.79 Å². The average molecular weight is 439 g/mol.